The van der Waals surface area contributed by atoms with Crippen LogP contribution in [0, 0.1) is 11.6 Å². The highest BCUT2D eigenvalue weighted by Crippen LogP contribution is 2.24. The number of thioether (sulfide) groups is 1. The molecule has 19 heavy (non-hydrogen) atoms. The monoisotopic (exact) mass is 286 g/mol. The van der Waals surface area contributed by atoms with Crippen LogP contribution in [0.1, 0.15) is 23.7 Å². The van der Waals surface area contributed by atoms with Crippen molar-refractivity contribution in [1.82, 2.24) is 4.90 Å². The van der Waals surface area contributed by atoms with Crippen LogP contribution in [-0.4, -0.2) is 34.9 Å². The van der Waals surface area contributed by atoms with E-state index in [1.54, 1.807) is 4.90 Å². The molecule has 0 aliphatic carbocycles. The Morgan fingerprint density at radius 1 is 1.47 bits per heavy atom. The molecule has 0 aromatic heterocycles. The van der Waals surface area contributed by atoms with Crippen molar-refractivity contribution in [3.05, 3.63) is 29.3 Å². The normalized spacial score (nSPS) is 19.5. The maximum Gasteiger partial charge on any atom is 0.256 e. The Bertz CT molecular complexity index is 496. The van der Waals surface area contributed by atoms with Crippen LogP contribution in [0.25, 0.3) is 0 Å². The Morgan fingerprint density at radius 3 is 2.89 bits per heavy atom. The zero-order valence-electron chi connectivity index (χ0n) is 10.7. The molecule has 3 nitrogen and oxygen atoms in total. The molecular formula is C13H16F2N2OS. The third-order valence-electron chi connectivity index (χ3n) is 3.20. The number of nitrogen functional groups attached to an aromatic ring is 1. The number of benzene rings is 1. The molecule has 2 N–H and O–H groups in total. The summed E-state index contributed by atoms with van der Waals surface area (Å²) in [7, 11) is 0. The van der Waals surface area contributed by atoms with E-state index in [9.17, 15) is 13.6 Å². The number of nitrogens with two attached hydrogens (primary N) is 1. The molecule has 1 aliphatic heterocycles. The van der Waals surface area contributed by atoms with Gasteiger partial charge in [0.25, 0.3) is 5.91 Å². The first-order valence-electron chi connectivity index (χ1n) is 6.18. The molecular weight excluding hydrogens is 270 g/mol. The summed E-state index contributed by atoms with van der Waals surface area (Å²) in [6, 6.07) is 1.74. The lowest BCUT2D eigenvalue weighted by molar-refractivity contribution is 0.0756. The average Bonchev–Trinajstić information content (AvgIpc) is 2.42. The Morgan fingerprint density at radius 2 is 2.21 bits per heavy atom. The second kappa shape index (κ2) is 5.77. The first-order chi connectivity index (χ1) is 9.02. The van der Waals surface area contributed by atoms with Crippen molar-refractivity contribution in [2.45, 2.75) is 18.6 Å². The lowest BCUT2D eigenvalue weighted by atomic mass is 10.1. The molecule has 0 bridgehead atoms. The van der Waals surface area contributed by atoms with Crippen LogP contribution in [-0.2, 0) is 0 Å². The maximum atomic E-state index is 13.7. The van der Waals surface area contributed by atoms with E-state index in [0.29, 0.717) is 24.4 Å². The molecule has 1 aromatic rings. The van der Waals surface area contributed by atoms with Crippen LogP contribution < -0.4 is 5.73 Å². The van der Waals surface area contributed by atoms with Crippen LogP contribution >= 0.6 is 11.8 Å². The lowest BCUT2D eigenvalue weighted by Crippen LogP contribution is -2.42. The SMILES string of the molecule is CCC1CN(C(=O)c2cc(N)c(F)cc2F)CCS1. The molecule has 1 amide bonds. The second-order valence-electron chi connectivity index (χ2n) is 4.51. The van der Waals surface area contributed by atoms with Gasteiger partial charge in [-0.1, -0.05) is 6.92 Å². The fourth-order valence-corrected chi connectivity index (χ4v) is 3.23. The minimum Gasteiger partial charge on any atom is -0.396 e. The molecule has 1 fully saturated rings. The molecule has 1 heterocycles. The molecule has 0 spiro atoms. The Hall–Kier alpha value is -1.30. The van der Waals surface area contributed by atoms with Crippen LogP contribution in [0.15, 0.2) is 12.1 Å². The van der Waals surface area contributed by atoms with E-state index in [2.05, 4.69) is 6.92 Å². The van der Waals surface area contributed by atoms with Crippen LogP contribution in [0.2, 0.25) is 0 Å². The zero-order valence-corrected chi connectivity index (χ0v) is 11.5. The first kappa shape index (κ1) is 14.1. The topological polar surface area (TPSA) is 46.3 Å². The van der Waals surface area contributed by atoms with Crippen LogP contribution in [0.3, 0.4) is 0 Å². The van der Waals surface area contributed by atoms with Crippen molar-refractivity contribution < 1.29 is 13.6 Å². The van der Waals surface area contributed by atoms with Crippen molar-refractivity contribution in [1.29, 1.82) is 0 Å². The Balaban J connectivity index is 2.22. The van der Waals surface area contributed by atoms with Crippen molar-refractivity contribution in [3.8, 4) is 0 Å². The van der Waals surface area contributed by atoms with Gasteiger partial charge in [0.2, 0.25) is 0 Å². The third-order valence-corrected chi connectivity index (χ3v) is 4.57. The zero-order chi connectivity index (χ0) is 14.0. The van der Waals surface area contributed by atoms with E-state index in [1.165, 1.54) is 0 Å². The molecule has 1 aliphatic rings. The van der Waals surface area contributed by atoms with Gasteiger partial charge >= 0.3 is 0 Å². The molecule has 2 rings (SSSR count). The first-order valence-corrected chi connectivity index (χ1v) is 7.23. The van der Waals surface area contributed by atoms with Gasteiger partial charge in [-0.2, -0.15) is 11.8 Å². The summed E-state index contributed by atoms with van der Waals surface area (Å²) in [5, 5.41) is 0.374. The number of hydrogen-bond donors (Lipinski definition) is 1. The summed E-state index contributed by atoms with van der Waals surface area (Å²) in [5.41, 5.74) is 5.04. The number of hydrogen-bond acceptors (Lipinski definition) is 3. The molecule has 1 unspecified atom stereocenters. The molecule has 0 radical (unpaired) electrons. The van der Waals surface area contributed by atoms with Gasteiger partial charge in [0, 0.05) is 30.2 Å². The molecule has 104 valence electrons. The van der Waals surface area contributed by atoms with Crippen molar-refractivity contribution in [2.75, 3.05) is 24.6 Å². The van der Waals surface area contributed by atoms with Gasteiger partial charge in [-0.3, -0.25) is 4.79 Å². The number of carbonyl (C=O) groups is 1. The number of anilines is 1. The summed E-state index contributed by atoms with van der Waals surface area (Å²) in [6.07, 6.45) is 0.961. The maximum absolute atomic E-state index is 13.7. The summed E-state index contributed by atoms with van der Waals surface area (Å²) in [5.74, 6) is -1.27. The molecule has 1 saturated heterocycles. The Kier molecular flexibility index (Phi) is 4.29. The van der Waals surface area contributed by atoms with Crippen molar-refractivity contribution in [3.63, 3.8) is 0 Å². The quantitative estimate of drug-likeness (QED) is 0.850. The number of halogens is 2. The number of nitrogens with zero attached hydrogens (tertiary/aromatic N) is 1. The van der Waals surface area contributed by atoms with E-state index in [4.69, 9.17) is 5.73 Å². The van der Waals surface area contributed by atoms with Gasteiger partial charge in [0.15, 0.2) is 0 Å². The standard InChI is InChI=1S/C13H16F2N2OS/c1-2-8-7-17(3-4-19-8)13(18)9-5-12(16)11(15)6-10(9)14/h5-6,8H,2-4,7,16H2,1H3. The van der Waals surface area contributed by atoms with E-state index >= 15 is 0 Å². The number of rotatable bonds is 2. The largest absolute Gasteiger partial charge is 0.396 e. The van der Waals surface area contributed by atoms with Gasteiger partial charge in [-0.25, -0.2) is 8.78 Å². The van der Waals surface area contributed by atoms with Gasteiger partial charge in [0.05, 0.1) is 11.3 Å². The molecule has 1 aromatic carbocycles. The average molecular weight is 286 g/mol. The van der Waals surface area contributed by atoms with E-state index in [0.717, 1.165) is 18.2 Å². The van der Waals surface area contributed by atoms with Crippen molar-refractivity contribution in [2.24, 2.45) is 0 Å². The molecule has 1 atom stereocenters. The predicted octanol–water partition coefficient (Wildman–Crippen LogP) is 2.51. The molecule has 0 saturated carbocycles. The lowest BCUT2D eigenvalue weighted by Gasteiger charge is -2.32. The van der Waals surface area contributed by atoms with E-state index in [-0.39, 0.29) is 11.3 Å². The predicted molar refractivity (Wildman–Crippen MR) is 73.2 cm³/mol. The smallest absolute Gasteiger partial charge is 0.256 e. The van der Waals surface area contributed by atoms with Gasteiger partial charge in [-0.05, 0) is 12.5 Å². The summed E-state index contributed by atoms with van der Waals surface area (Å²) in [4.78, 5) is 13.9. The summed E-state index contributed by atoms with van der Waals surface area (Å²) in [6.45, 7) is 3.23. The fraction of sp³-hybridized carbons (Fsp3) is 0.462. The highest BCUT2D eigenvalue weighted by atomic mass is 32.2. The van der Waals surface area contributed by atoms with Gasteiger partial charge in [-0.15, -0.1) is 0 Å². The highest BCUT2D eigenvalue weighted by molar-refractivity contribution is 8.00. The van der Waals surface area contributed by atoms with E-state index < -0.39 is 17.5 Å². The summed E-state index contributed by atoms with van der Waals surface area (Å²) < 4.78 is 26.8. The summed E-state index contributed by atoms with van der Waals surface area (Å²) >= 11 is 1.82. The molecule has 6 heteroatoms. The Labute approximate surface area is 115 Å². The second-order valence-corrected chi connectivity index (χ2v) is 5.91. The van der Waals surface area contributed by atoms with E-state index in [1.807, 2.05) is 11.8 Å². The minimum atomic E-state index is -0.858. The van der Waals surface area contributed by atoms with Crippen LogP contribution in [0.4, 0.5) is 14.5 Å². The van der Waals surface area contributed by atoms with Gasteiger partial charge in [0.1, 0.15) is 11.6 Å². The van der Waals surface area contributed by atoms with Crippen molar-refractivity contribution >= 4 is 23.4 Å². The van der Waals surface area contributed by atoms with Gasteiger partial charge < -0.3 is 10.6 Å². The highest BCUT2D eigenvalue weighted by Gasteiger charge is 2.26. The third kappa shape index (κ3) is 3.00. The number of carbonyl (C=O) groups excluding carboxylic acids is 1. The number of amides is 1. The van der Waals surface area contributed by atoms with Crippen LogP contribution in [0.5, 0.6) is 0 Å². The minimum absolute atomic E-state index is 0.152. The fourth-order valence-electron chi connectivity index (χ4n) is 2.05.